The van der Waals surface area contributed by atoms with E-state index in [2.05, 4.69) is 19.2 Å². The van der Waals surface area contributed by atoms with Gasteiger partial charge in [0.15, 0.2) is 0 Å². The van der Waals surface area contributed by atoms with E-state index in [0.717, 1.165) is 32.5 Å². The summed E-state index contributed by atoms with van der Waals surface area (Å²) in [5.74, 6) is 0.588. The van der Waals surface area contributed by atoms with E-state index in [9.17, 15) is 0 Å². The second kappa shape index (κ2) is 5.34. The van der Waals surface area contributed by atoms with Crippen molar-refractivity contribution in [2.75, 3.05) is 19.7 Å². The van der Waals surface area contributed by atoms with Gasteiger partial charge < -0.3 is 14.8 Å². The number of ether oxygens (including phenoxy) is 2. The third kappa shape index (κ3) is 2.84. The number of rotatable bonds is 1. The molecule has 2 unspecified atom stereocenters. The van der Waals surface area contributed by atoms with Crippen LogP contribution in [0.3, 0.4) is 0 Å². The Morgan fingerprint density at radius 2 is 1.74 bits per heavy atom. The van der Waals surface area contributed by atoms with Crippen LogP contribution in [0.1, 0.15) is 58.8 Å². The fourth-order valence-electron chi connectivity index (χ4n) is 4.13. The molecule has 2 heterocycles. The van der Waals surface area contributed by atoms with Gasteiger partial charge in [-0.25, -0.2) is 0 Å². The monoisotopic (exact) mass is 267 g/mol. The van der Waals surface area contributed by atoms with Crippen molar-refractivity contribution in [2.24, 2.45) is 5.92 Å². The second-order valence-corrected chi connectivity index (χ2v) is 7.24. The van der Waals surface area contributed by atoms with Gasteiger partial charge >= 0.3 is 0 Å². The van der Waals surface area contributed by atoms with E-state index >= 15 is 0 Å². The molecule has 2 atom stereocenters. The highest BCUT2D eigenvalue weighted by molar-refractivity contribution is 5.00. The molecule has 2 spiro atoms. The molecule has 3 aliphatic rings. The van der Waals surface area contributed by atoms with Gasteiger partial charge in [-0.05, 0) is 18.8 Å². The molecule has 2 saturated heterocycles. The lowest BCUT2D eigenvalue weighted by Gasteiger charge is -2.53. The Kier molecular flexibility index (Phi) is 3.89. The van der Waals surface area contributed by atoms with Gasteiger partial charge in [-0.2, -0.15) is 0 Å². The molecule has 110 valence electrons. The van der Waals surface area contributed by atoms with Gasteiger partial charge in [0.2, 0.25) is 0 Å². The Morgan fingerprint density at radius 1 is 1.00 bits per heavy atom. The van der Waals surface area contributed by atoms with Crippen LogP contribution in [0.5, 0.6) is 0 Å². The highest BCUT2D eigenvalue weighted by atomic mass is 16.5. The van der Waals surface area contributed by atoms with E-state index in [1.54, 1.807) is 0 Å². The van der Waals surface area contributed by atoms with Crippen molar-refractivity contribution in [3.05, 3.63) is 0 Å². The summed E-state index contributed by atoms with van der Waals surface area (Å²) in [6, 6.07) is 0. The van der Waals surface area contributed by atoms with Crippen molar-refractivity contribution in [3.63, 3.8) is 0 Å². The summed E-state index contributed by atoms with van der Waals surface area (Å²) in [6.45, 7) is 7.45. The molecule has 3 fully saturated rings. The van der Waals surface area contributed by atoms with Crippen molar-refractivity contribution >= 4 is 0 Å². The van der Waals surface area contributed by atoms with Crippen LogP contribution in [-0.2, 0) is 9.47 Å². The molecular formula is C16H29NO2. The van der Waals surface area contributed by atoms with E-state index in [1.807, 2.05) is 0 Å². The zero-order chi connectivity index (χ0) is 13.3. The van der Waals surface area contributed by atoms with Gasteiger partial charge in [0.25, 0.3) is 0 Å². The molecule has 1 aliphatic carbocycles. The Labute approximate surface area is 117 Å². The molecule has 1 saturated carbocycles. The molecule has 0 aromatic rings. The second-order valence-electron chi connectivity index (χ2n) is 7.24. The summed E-state index contributed by atoms with van der Waals surface area (Å²) in [6.07, 6.45) is 9.04. The van der Waals surface area contributed by atoms with Gasteiger partial charge in [-0.1, -0.05) is 33.1 Å². The van der Waals surface area contributed by atoms with Crippen molar-refractivity contribution in [1.29, 1.82) is 0 Å². The molecular weight excluding hydrogens is 238 g/mol. The first-order valence-corrected chi connectivity index (χ1v) is 8.16. The minimum atomic E-state index is 0.0444. The van der Waals surface area contributed by atoms with Crippen molar-refractivity contribution in [1.82, 2.24) is 5.32 Å². The van der Waals surface area contributed by atoms with Crippen LogP contribution in [0, 0.1) is 5.92 Å². The first-order valence-electron chi connectivity index (χ1n) is 8.16. The summed E-state index contributed by atoms with van der Waals surface area (Å²) in [5.41, 5.74) is 0.179. The summed E-state index contributed by atoms with van der Waals surface area (Å²) < 4.78 is 12.7. The minimum absolute atomic E-state index is 0.0444. The van der Waals surface area contributed by atoms with Crippen LogP contribution in [-0.4, -0.2) is 37.0 Å². The summed E-state index contributed by atoms with van der Waals surface area (Å²) >= 11 is 0. The quantitative estimate of drug-likeness (QED) is 0.792. The highest BCUT2D eigenvalue weighted by Crippen LogP contribution is 2.42. The molecule has 0 amide bonds. The van der Waals surface area contributed by atoms with Gasteiger partial charge in [-0.15, -0.1) is 0 Å². The van der Waals surface area contributed by atoms with Gasteiger partial charge in [-0.3, -0.25) is 0 Å². The molecule has 19 heavy (non-hydrogen) atoms. The lowest BCUT2D eigenvalue weighted by Crippen LogP contribution is -2.63. The van der Waals surface area contributed by atoms with Crippen LogP contribution in [0.2, 0.25) is 0 Å². The van der Waals surface area contributed by atoms with Gasteiger partial charge in [0.05, 0.1) is 17.3 Å². The molecule has 0 aromatic carbocycles. The van der Waals surface area contributed by atoms with Crippen LogP contribution >= 0.6 is 0 Å². The number of hydrogen-bond acceptors (Lipinski definition) is 3. The number of nitrogens with one attached hydrogen (secondary N) is 1. The average molecular weight is 267 g/mol. The lowest BCUT2D eigenvalue weighted by atomic mass is 9.79. The smallest absolute Gasteiger partial charge is 0.0861 e. The predicted octanol–water partition coefficient (Wildman–Crippen LogP) is 2.88. The fourth-order valence-corrected chi connectivity index (χ4v) is 4.13. The van der Waals surface area contributed by atoms with Crippen molar-refractivity contribution in [3.8, 4) is 0 Å². The fraction of sp³-hybridized carbons (Fsp3) is 1.00. The topological polar surface area (TPSA) is 30.5 Å². The maximum absolute atomic E-state index is 6.78. The summed E-state index contributed by atoms with van der Waals surface area (Å²) in [7, 11) is 0. The van der Waals surface area contributed by atoms with Crippen molar-refractivity contribution in [2.45, 2.75) is 76.1 Å². The van der Waals surface area contributed by atoms with E-state index in [1.165, 1.54) is 32.1 Å². The van der Waals surface area contributed by atoms with E-state index in [-0.39, 0.29) is 11.2 Å². The maximum atomic E-state index is 6.78. The predicted molar refractivity (Wildman–Crippen MR) is 76.3 cm³/mol. The lowest BCUT2D eigenvalue weighted by molar-refractivity contribution is -0.232. The molecule has 1 N–H and O–H groups in total. The minimum Gasteiger partial charge on any atom is -0.378 e. The third-order valence-electron chi connectivity index (χ3n) is 5.30. The van der Waals surface area contributed by atoms with Crippen LogP contribution < -0.4 is 5.32 Å². The van der Waals surface area contributed by atoms with Gasteiger partial charge in [0.1, 0.15) is 0 Å². The molecule has 3 nitrogen and oxygen atoms in total. The summed E-state index contributed by atoms with van der Waals surface area (Å²) in [4.78, 5) is 0. The number of hydrogen-bond donors (Lipinski definition) is 1. The Hall–Kier alpha value is -0.120. The van der Waals surface area contributed by atoms with E-state index < -0.39 is 0 Å². The molecule has 0 aromatic heterocycles. The molecule has 0 radical (unpaired) electrons. The average Bonchev–Trinajstić information content (AvgIpc) is 2.39. The highest BCUT2D eigenvalue weighted by Gasteiger charge is 2.48. The Bertz CT molecular complexity index is 302. The molecule has 3 heteroatoms. The van der Waals surface area contributed by atoms with E-state index in [4.69, 9.17) is 9.47 Å². The van der Waals surface area contributed by atoms with Gasteiger partial charge in [0, 0.05) is 32.5 Å². The molecule has 2 aliphatic heterocycles. The number of morpholine rings is 1. The standard InChI is InChI=1S/C16H29NO2/c1-13(2)14-10-16(8-9-18-14)12-17-11-15(19-16)6-4-3-5-7-15/h13-14,17H,3-12H2,1-2H3. The normalized spacial score (nSPS) is 39.0. The molecule has 0 bridgehead atoms. The first kappa shape index (κ1) is 13.8. The maximum Gasteiger partial charge on any atom is 0.0861 e. The van der Waals surface area contributed by atoms with Crippen LogP contribution in [0.4, 0.5) is 0 Å². The summed E-state index contributed by atoms with van der Waals surface area (Å²) in [5, 5.41) is 3.68. The van der Waals surface area contributed by atoms with Crippen molar-refractivity contribution < 1.29 is 9.47 Å². The zero-order valence-electron chi connectivity index (χ0n) is 12.5. The largest absolute Gasteiger partial charge is 0.378 e. The SMILES string of the molecule is CC(C)C1CC2(CCO1)CNCC1(CCCCC1)O2. The Balaban J connectivity index is 1.72. The van der Waals surface area contributed by atoms with E-state index in [0.29, 0.717) is 12.0 Å². The Morgan fingerprint density at radius 3 is 2.47 bits per heavy atom. The van der Waals surface area contributed by atoms with Crippen LogP contribution in [0.25, 0.3) is 0 Å². The first-order chi connectivity index (χ1) is 9.13. The molecule has 3 rings (SSSR count). The van der Waals surface area contributed by atoms with Crippen LogP contribution in [0.15, 0.2) is 0 Å². The third-order valence-corrected chi connectivity index (χ3v) is 5.30. The zero-order valence-corrected chi connectivity index (χ0v) is 12.5.